The zero-order valence-corrected chi connectivity index (χ0v) is 11.1. The van der Waals surface area contributed by atoms with Crippen LogP contribution < -0.4 is 5.32 Å². The lowest BCUT2D eigenvalue weighted by molar-refractivity contribution is 0.101. The second-order valence-corrected chi connectivity index (χ2v) is 4.42. The summed E-state index contributed by atoms with van der Waals surface area (Å²) in [5, 5.41) is 2.76. The molecule has 1 aromatic heterocycles. The Morgan fingerprint density at radius 1 is 1.16 bits per heavy atom. The second kappa shape index (κ2) is 5.10. The van der Waals surface area contributed by atoms with Gasteiger partial charge in [0.2, 0.25) is 0 Å². The van der Waals surface area contributed by atoms with Crippen molar-refractivity contribution in [3.8, 4) is 0 Å². The van der Waals surface area contributed by atoms with Gasteiger partial charge in [0.1, 0.15) is 11.5 Å². The smallest absolute Gasteiger partial charge is 0.259 e. The number of carbonyl (C=O) groups is 2. The molecule has 0 aliphatic rings. The Morgan fingerprint density at radius 2 is 1.89 bits per heavy atom. The number of nitrogens with one attached hydrogen (secondary N) is 1. The van der Waals surface area contributed by atoms with Crippen molar-refractivity contribution in [1.29, 1.82) is 0 Å². The fourth-order valence-corrected chi connectivity index (χ4v) is 1.87. The number of furan rings is 1. The Bertz CT molecular complexity index is 641. The average Bonchev–Trinajstić information content (AvgIpc) is 2.69. The summed E-state index contributed by atoms with van der Waals surface area (Å²) in [6.45, 7) is 5.03. The van der Waals surface area contributed by atoms with Gasteiger partial charge >= 0.3 is 0 Å². The van der Waals surface area contributed by atoms with E-state index in [2.05, 4.69) is 5.32 Å². The van der Waals surface area contributed by atoms with Crippen molar-refractivity contribution in [1.82, 2.24) is 0 Å². The third kappa shape index (κ3) is 2.91. The van der Waals surface area contributed by atoms with Crippen LogP contribution in [0.4, 0.5) is 5.69 Å². The normalized spacial score (nSPS) is 10.3. The highest BCUT2D eigenvalue weighted by molar-refractivity contribution is 6.05. The number of anilines is 1. The van der Waals surface area contributed by atoms with Gasteiger partial charge in [0.25, 0.3) is 5.91 Å². The van der Waals surface area contributed by atoms with Crippen LogP contribution in [0.15, 0.2) is 34.7 Å². The number of ketones is 1. The molecule has 0 saturated carbocycles. The van der Waals surface area contributed by atoms with Crippen LogP contribution in [0.3, 0.4) is 0 Å². The highest BCUT2D eigenvalue weighted by Crippen LogP contribution is 2.17. The molecule has 0 radical (unpaired) electrons. The van der Waals surface area contributed by atoms with Crippen molar-refractivity contribution >= 4 is 17.4 Å². The van der Waals surface area contributed by atoms with E-state index >= 15 is 0 Å². The maximum absolute atomic E-state index is 12.1. The average molecular weight is 257 g/mol. The number of rotatable bonds is 3. The molecular formula is C15H15NO3. The lowest BCUT2D eigenvalue weighted by atomic mass is 10.1. The Kier molecular flexibility index (Phi) is 3.51. The van der Waals surface area contributed by atoms with E-state index in [0.717, 1.165) is 0 Å². The van der Waals surface area contributed by atoms with Gasteiger partial charge in [-0.25, -0.2) is 0 Å². The summed E-state index contributed by atoms with van der Waals surface area (Å²) < 4.78 is 5.32. The van der Waals surface area contributed by atoms with Gasteiger partial charge in [-0.1, -0.05) is 12.1 Å². The lowest BCUT2D eigenvalue weighted by Crippen LogP contribution is -2.12. The van der Waals surface area contributed by atoms with Gasteiger partial charge in [-0.15, -0.1) is 0 Å². The summed E-state index contributed by atoms with van der Waals surface area (Å²) in [5.74, 6) is 0.999. The molecule has 1 aromatic carbocycles. The first-order valence-corrected chi connectivity index (χ1v) is 5.97. The number of amides is 1. The third-order valence-electron chi connectivity index (χ3n) is 2.81. The van der Waals surface area contributed by atoms with E-state index in [9.17, 15) is 9.59 Å². The maximum Gasteiger partial charge on any atom is 0.259 e. The largest absolute Gasteiger partial charge is 0.466 e. The van der Waals surface area contributed by atoms with Gasteiger partial charge in [0.05, 0.1) is 5.56 Å². The van der Waals surface area contributed by atoms with Gasteiger partial charge in [0.15, 0.2) is 5.78 Å². The molecule has 0 fully saturated rings. The van der Waals surface area contributed by atoms with E-state index in [1.54, 1.807) is 44.2 Å². The Labute approximate surface area is 111 Å². The van der Waals surface area contributed by atoms with Crippen LogP contribution in [0.2, 0.25) is 0 Å². The predicted molar refractivity (Wildman–Crippen MR) is 72.6 cm³/mol. The molecule has 0 aliphatic heterocycles. The molecule has 4 heteroatoms. The molecule has 98 valence electrons. The molecule has 0 atom stereocenters. The molecule has 1 amide bonds. The number of hydrogen-bond acceptors (Lipinski definition) is 3. The number of hydrogen-bond donors (Lipinski definition) is 1. The van der Waals surface area contributed by atoms with Crippen molar-refractivity contribution in [2.45, 2.75) is 20.8 Å². The lowest BCUT2D eigenvalue weighted by Gasteiger charge is -2.05. The minimum atomic E-state index is -0.241. The minimum absolute atomic E-state index is 0.0357. The van der Waals surface area contributed by atoms with E-state index in [1.165, 1.54) is 6.92 Å². The zero-order valence-electron chi connectivity index (χ0n) is 11.1. The van der Waals surface area contributed by atoms with E-state index in [4.69, 9.17) is 4.42 Å². The monoisotopic (exact) mass is 257 g/mol. The molecule has 0 aliphatic carbocycles. The van der Waals surface area contributed by atoms with Crippen molar-refractivity contribution in [3.63, 3.8) is 0 Å². The first kappa shape index (κ1) is 13.1. The molecule has 0 bridgehead atoms. The highest BCUT2D eigenvalue weighted by atomic mass is 16.3. The van der Waals surface area contributed by atoms with Crippen LogP contribution in [-0.4, -0.2) is 11.7 Å². The summed E-state index contributed by atoms with van der Waals surface area (Å²) in [5.41, 5.74) is 1.67. The van der Waals surface area contributed by atoms with Crippen molar-refractivity contribution in [3.05, 3.63) is 53.0 Å². The molecule has 1 N–H and O–H groups in total. The first-order valence-electron chi connectivity index (χ1n) is 5.97. The molecule has 19 heavy (non-hydrogen) atoms. The summed E-state index contributed by atoms with van der Waals surface area (Å²) in [4.78, 5) is 23.4. The summed E-state index contributed by atoms with van der Waals surface area (Å²) in [7, 11) is 0. The Balaban J connectivity index is 2.21. The van der Waals surface area contributed by atoms with Gasteiger partial charge in [0, 0.05) is 11.3 Å². The van der Waals surface area contributed by atoms with Crippen LogP contribution in [-0.2, 0) is 0 Å². The number of Topliss-reactive ketones (excluding diaryl/α,β-unsaturated/α-hetero) is 1. The van der Waals surface area contributed by atoms with E-state index in [1.807, 2.05) is 0 Å². The topological polar surface area (TPSA) is 59.3 Å². The minimum Gasteiger partial charge on any atom is -0.466 e. The SMILES string of the molecule is CC(=O)c1cccc(NC(=O)c2cc(C)oc2C)c1. The fraction of sp³-hybridized carbons (Fsp3) is 0.200. The fourth-order valence-electron chi connectivity index (χ4n) is 1.87. The number of carbonyl (C=O) groups excluding carboxylic acids is 2. The molecule has 0 spiro atoms. The zero-order chi connectivity index (χ0) is 14.0. The molecular weight excluding hydrogens is 242 g/mol. The van der Waals surface area contributed by atoms with Crippen LogP contribution in [0.1, 0.15) is 39.2 Å². The van der Waals surface area contributed by atoms with E-state index in [-0.39, 0.29) is 11.7 Å². The predicted octanol–water partition coefficient (Wildman–Crippen LogP) is 3.35. The summed E-state index contributed by atoms with van der Waals surface area (Å²) in [6, 6.07) is 8.54. The van der Waals surface area contributed by atoms with Gasteiger partial charge < -0.3 is 9.73 Å². The molecule has 2 aromatic rings. The van der Waals surface area contributed by atoms with Crippen LogP contribution in [0.5, 0.6) is 0 Å². The van der Waals surface area contributed by atoms with Crippen LogP contribution in [0, 0.1) is 13.8 Å². The maximum atomic E-state index is 12.1. The van der Waals surface area contributed by atoms with Gasteiger partial charge in [-0.05, 0) is 39.0 Å². The van der Waals surface area contributed by atoms with Crippen molar-refractivity contribution in [2.24, 2.45) is 0 Å². The second-order valence-electron chi connectivity index (χ2n) is 4.42. The molecule has 1 heterocycles. The first-order chi connectivity index (χ1) is 8.97. The van der Waals surface area contributed by atoms with Crippen molar-refractivity contribution in [2.75, 3.05) is 5.32 Å². The Morgan fingerprint density at radius 3 is 2.47 bits per heavy atom. The van der Waals surface area contributed by atoms with Crippen molar-refractivity contribution < 1.29 is 14.0 Å². The van der Waals surface area contributed by atoms with Crippen LogP contribution >= 0.6 is 0 Å². The molecule has 4 nitrogen and oxygen atoms in total. The Hall–Kier alpha value is -2.36. The molecule has 0 unspecified atom stereocenters. The van der Waals surface area contributed by atoms with Crippen LogP contribution in [0.25, 0.3) is 0 Å². The molecule has 0 saturated heterocycles. The number of benzene rings is 1. The quantitative estimate of drug-likeness (QED) is 0.858. The van der Waals surface area contributed by atoms with Gasteiger partial charge in [-0.3, -0.25) is 9.59 Å². The van der Waals surface area contributed by atoms with Gasteiger partial charge in [-0.2, -0.15) is 0 Å². The number of aryl methyl sites for hydroxylation is 2. The highest BCUT2D eigenvalue weighted by Gasteiger charge is 2.13. The molecule has 2 rings (SSSR count). The van der Waals surface area contributed by atoms with E-state index < -0.39 is 0 Å². The van der Waals surface area contributed by atoms with E-state index in [0.29, 0.717) is 28.3 Å². The standard InChI is InChI=1S/C15H15NO3/c1-9-7-14(11(3)19-9)15(18)16-13-6-4-5-12(8-13)10(2)17/h4-8H,1-3H3,(H,16,18). The summed E-state index contributed by atoms with van der Waals surface area (Å²) in [6.07, 6.45) is 0. The summed E-state index contributed by atoms with van der Waals surface area (Å²) >= 11 is 0. The third-order valence-corrected chi connectivity index (χ3v) is 2.81.